The highest BCUT2D eigenvalue weighted by Crippen LogP contribution is 2.66. The molecule has 204 valence electrons. The third-order valence-corrected chi connectivity index (χ3v) is 9.96. The summed E-state index contributed by atoms with van der Waals surface area (Å²) in [4.78, 5) is 45.2. The standard InChI is InChI=1S/C16H21N4O13P3S/c1-16(22)12(21)9(6-30-35(26,27)33-36(28,29)32-34(23,24)25)31-15(16)20-5-8(10-3-2-4-37-10)11-13(17)18-7-19-14(11)20/h2-5,7,9,12,15,21-22H,6H2,1H3,(H,26,27)(H,28,29)(H2,17,18,19)(H2,23,24,25)/t9-,12-,15-,16-/m1/s1. The Balaban J connectivity index is 1.59. The van der Waals surface area contributed by atoms with Gasteiger partial charge in [0.1, 0.15) is 35.6 Å². The van der Waals surface area contributed by atoms with Crippen LogP contribution in [0.3, 0.4) is 0 Å². The number of thiophene rings is 1. The van der Waals surface area contributed by atoms with Gasteiger partial charge >= 0.3 is 23.5 Å². The first kappa shape index (κ1) is 28.4. The summed E-state index contributed by atoms with van der Waals surface area (Å²) >= 11 is 1.40. The summed E-state index contributed by atoms with van der Waals surface area (Å²) in [5, 5.41) is 24.1. The minimum atomic E-state index is -5.73. The molecule has 0 amide bonds. The van der Waals surface area contributed by atoms with E-state index in [2.05, 4.69) is 23.1 Å². The number of nitrogen functional groups attached to an aromatic ring is 1. The van der Waals surface area contributed by atoms with Crippen LogP contribution in [0.5, 0.6) is 0 Å². The number of phosphoric ester groups is 1. The van der Waals surface area contributed by atoms with Gasteiger partial charge in [-0.05, 0) is 18.4 Å². The van der Waals surface area contributed by atoms with Crippen molar-refractivity contribution in [2.24, 2.45) is 0 Å². The fraction of sp³-hybridized carbons (Fsp3) is 0.375. The molecule has 37 heavy (non-hydrogen) atoms. The van der Waals surface area contributed by atoms with E-state index in [1.165, 1.54) is 29.2 Å². The third-order valence-electron chi connectivity index (χ3n) is 5.25. The van der Waals surface area contributed by atoms with E-state index in [-0.39, 0.29) is 11.5 Å². The lowest BCUT2D eigenvalue weighted by Crippen LogP contribution is -2.44. The predicted molar refractivity (Wildman–Crippen MR) is 126 cm³/mol. The van der Waals surface area contributed by atoms with Gasteiger partial charge in [0.15, 0.2) is 6.23 Å². The molecule has 0 bridgehead atoms. The molecule has 0 aliphatic carbocycles. The van der Waals surface area contributed by atoms with Crippen molar-refractivity contribution < 1.29 is 61.4 Å². The van der Waals surface area contributed by atoms with Gasteiger partial charge < -0.3 is 44.8 Å². The van der Waals surface area contributed by atoms with Gasteiger partial charge in [-0.3, -0.25) is 4.52 Å². The van der Waals surface area contributed by atoms with Crippen LogP contribution >= 0.6 is 34.8 Å². The van der Waals surface area contributed by atoms with Gasteiger partial charge in [-0.15, -0.1) is 11.3 Å². The van der Waals surface area contributed by atoms with E-state index < -0.39 is 54.1 Å². The van der Waals surface area contributed by atoms with E-state index in [4.69, 9.17) is 20.3 Å². The normalized spacial score (nSPS) is 27.8. The molecular weight excluding hydrogens is 581 g/mol. The van der Waals surface area contributed by atoms with Crippen LogP contribution in [0.15, 0.2) is 30.0 Å². The van der Waals surface area contributed by atoms with Gasteiger partial charge in [0.2, 0.25) is 0 Å². The number of phosphoric acid groups is 3. The molecule has 4 rings (SSSR count). The van der Waals surface area contributed by atoms with Crippen LogP contribution in [0.4, 0.5) is 5.82 Å². The molecule has 0 spiro atoms. The fourth-order valence-electron chi connectivity index (χ4n) is 3.75. The number of anilines is 1. The summed E-state index contributed by atoms with van der Waals surface area (Å²) in [6.45, 7) is 0.264. The molecule has 1 aliphatic rings. The summed E-state index contributed by atoms with van der Waals surface area (Å²) in [6.07, 6.45) is -1.78. The maximum absolute atomic E-state index is 12.0. The van der Waals surface area contributed by atoms with Crippen molar-refractivity contribution in [2.45, 2.75) is 31.0 Å². The number of aromatic nitrogens is 3. The fourth-order valence-corrected chi connectivity index (χ4v) is 7.53. The summed E-state index contributed by atoms with van der Waals surface area (Å²) < 4.78 is 53.3. The number of aliphatic hydroxyl groups is 2. The van der Waals surface area contributed by atoms with Gasteiger partial charge in [-0.2, -0.15) is 8.62 Å². The highest BCUT2D eigenvalue weighted by molar-refractivity contribution is 7.66. The van der Waals surface area contributed by atoms with E-state index in [0.29, 0.717) is 10.9 Å². The number of hydrogen-bond donors (Lipinski definition) is 7. The molecule has 6 atom stereocenters. The third kappa shape index (κ3) is 6.03. The zero-order valence-electron chi connectivity index (χ0n) is 18.5. The van der Waals surface area contributed by atoms with Gasteiger partial charge in [-0.25, -0.2) is 23.7 Å². The van der Waals surface area contributed by atoms with Gasteiger partial charge in [-0.1, -0.05) is 6.07 Å². The number of aliphatic hydroxyl groups excluding tert-OH is 1. The monoisotopic (exact) mass is 602 g/mol. The maximum Gasteiger partial charge on any atom is 0.490 e. The zero-order valence-corrected chi connectivity index (χ0v) is 22.0. The molecule has 0 aromatic carbocycles. The minimum absolute atomic E-state index is 0.148. The van der Waals surface area contributed by atoms with Crippen molar-refractivity contribution in [3.05, 3.63) is 30.0 Å². The van der Waals surface area contributed by atoms with Crippen molar-refractivity contribution >= 4 is 51.7 Å². The summed E-state index contributed by atoms with van der Waals surface area (Å²) in [5.74, 6) is 0.148. The highest BCUT2D eigenvalue weighted by atomic mass is 32.1. The number of nitrogens with two attached hydrogens (primary N) is 1. The van der Waals surface area contributed by atoms with Crippen molar-refractivity contribution in [1.82, 2.24) is 14.5 Å². The molecule has 0 radical (unpaired) electrons. The van der Waals surface area contributed by atoms with Crippen molar-refractivity contribution in [1.29, 1.82) is 0 Å². The summed E-state index contributed by atoms with van der Waals surface area (Å²) in [7, 11) is -16.8. The van der Waals surface area contributed by atoms with Crippen LogP contribution in [0.2, 0.25) is 0 Å². The molecule has 1 aliphatic heterocycles. The number of rotatable bonds is 9. The molecule has 3 aromatic rings. The van der Waals surface area contributed by atoms with Crippen LogP contribution in [0.1, 0.15) is 13.2 Å². The lowest BCUT2D eigenvalue weighted by Gasteiger charge is -2.27. The van der Waals surface area contributed by atoms with Gasteiger partial charge in [0.25, 0.3) is 0 Å². The number of nitrogens with zero attached hydrogens (tertiary/aromatic N) is 3. The van der Waals surface area contributed by atoms with Crippen molar-refractivity contribution in [3.63, 3.8) is 0 Å². The molecule has 1 saturated heterocycles. The lowest BCUT2D eigenvalue weighted by molar-refractivity contribution is -0.0946. The number of ether oxygens (including phenoxy) is 1. The quantitative estimate of drug-likeness (QED) is 0.169. The second-order valence-corrected chi connectivity index (χ2v) is 13.3. The smallest absolute Gasteiger partial charge is 0.387 e. The molecule has 2 unspecified atom stereocenters. The Kier molecular flexibility index (Phi) is 7.57. The average Bonchev–Trinajstić information content (AvgIpc) is 3.43. The first-order chi connectivity index (χ1) is 17.0. The van der Waals surface area contributed by atoms with Crippen LogP contribution < -0.4 is 5.73 Å². The van der Waals surface area contributed by atoms with E-state index in [1.54, 1.807) is 6.20 Å². The Morgan fingerprint density at radius 3 is 2.51 bits per heavy atom. The summed E-state index contributed by atoms with van der Waals surface area (Å²) in [6, 6.07) is 3.64. The SMILES string of the molecule is C[C@@]1(O)[C@H](O)[C@@H](COP(=O)(O)OP(=O)(O)OP(=O)(O)O)O[C@H]1n1cc(-c2cccs2)c2c(N)ncnc21. The molecule has 1 fully saturated rings. The largest absolute Gasteiger partial charge is 0.490 e. The predicted octanol–water partition coefficient (Wildman–Crippen LogP) is 1.09. The Hall–Kier alpha value is -1.59. The molecule has 4 heterocycles. The molecule has 3 aromatic heterocycles. The van der Waals surface area contributed by atoms with Crippen LogP contribution in [-0.2, 0) is 31.6 Å². The first-order valence-electron chi connectivity index (χ1n) is 10.00. The molecule has 17 nitrogen and oxygen atoms in total. The molecule has 8 N–H and O–H groups in total. The molecule has 0 saturated carbocycles. The zero-order chi connectivity index (χ0) is 27.4. The topological polar surface area (TPSA) is 266 Å². The van der Waals surface area contributed by atoms with E-state index in [9.17, 15) is 33.7 Å². The lowest BCUT2D eigenvalue weighted by atomic mass is 9.96. The Bertz CT molecular complexity index is 1440. The highest BCUT2D eigenvalue weighted by Gasteiger charge is 2.54. The summed E-state index contributed by atoms with van der Waals surface area (Å²) in [5.41, 5.74) is 4.92. The van der Waals surface area contributed by atoms with Gasteiger partial charge in [0.05, 0.1) is 12.0 Å². The minimum Gasteiger partial charge on any atom is -0.387 e. The number of hydrogen-bond acceptors (Lipinski definition) is 13. The second-order valence-electron chi connectivity index (χ2n) is 7.97. The number of fused-ring (bicyclic) bond motifs is 1. The van der Waals surface area contributed by atoms with Crippen molar-refractivity contribution in [3.8, 4) is 10.4 Å². The van der Waals surface area contributed by atoms with Crippen LogP contribution in [-0.4, -0.2) is 68.7 Å². The Labute approximate surface area is 211 Å². The maximum atomic E-state index is 12.0. The van der Waals surface area contributed by atoms with E-state index in [0.717, 1.165) is 4.88 Å². The Morgan fingerprint density at radius 2 is 1.89 bits per heavy atom. The van der Waals surface area contributed by atoms with Crippen LogP contribution in [0.25, 0.3) is 21.5 Å². The van der Waals surface area contributed by atoms with Crippen molar-refractivity contribution in [2.75, 3.05) is 12.3 Å². The molecule has 21 heteroatoms. The van der Waals surface area contributed by atoms with Crippen LogP contribution in [0, 0.1) is 0 Å². The average molecular weight is 602 g/mol. The van der Waals surface area contributed by atoms with Gasteiger partial charge in [0, 0.05) is 16.6 Å². The Morgan fingerprint density at radius 1 is 1.19 bits per heavy atom. The first-order valence-corrected chi connectivity index (χ1v) is 15.4. The second kappa shape index (κ2) is 9.86. The molecular formula is C16H21N4O13P3S. The van der Waals surface area contributed by atoms with E-state index in [1.807, 2.05) is 17.5 Å². The van der Waals surface area contributed by atoms with E-state index >= 15 is 0 Å².